The number of halogens is 1. The zero-order valence-electron chi connectivity index (χ0n) is 13.3. The number of nitrogens with zero attached hydrogens (tertiary/aromatic N) is 1. The molecule has 0 saturated heterocycles. The second kappa shape index (κ2) is 7.81. The average Bonchev–Trinajstić information content (AvgIpc) is 3.15. The average molecular weight is 400 g/mol. The van der Waals surface area contributed by atoms with Crippen molar-refractivity contribution in [1.82, 2.24) is 0 Å². The molecule has 1 aromatic heterocycles. The summed E-state index contributed by atoms with van der Waals surface area (Å²) in [6, 6.07) is 16.0. The van der Waals surface area contributed by atoms with Crippen molar-refractivity contribution in [3.8, 4) is 11.5 Å². The first-order valence-electron chi connectivity index (χ1n) is 7.39. The molecular weight excluding hydrogens is 386 g/mol. The van der Waals surface area contributed by atoms with Gasteiger partial charge in [0.25, 0.3) is 0 Å². The van der Waals surface area contributed by atoms with E-state index in [1.165, 1.54) is 19.4 Å². The molecule has 5 nitrogen and oxygen atoms in total. The first-order valence-corrected chi connectivity index (χ1v) is 8.18. The van der Waals surface area contributed by atoms with E-state index in [2.05, 4.69) is 20.9 Å². The molecule has 0 atom stereocenters. The lowest BCUT2D eigenvalue weighted by molar-refractivity contribution is 0.0696. The van der Waals surface area contributed by atoms with Gasteiger partial charge in [-0.15, -0.1) is 0 Å². The molecule has 0 aliphatic carbocycles. The van der Waals surface area contributed by atoms with Crippen LogP contribution in [0.25, 0.3) is 0 Å². The van der Waals surface area contributed by atoms with Crippen molar-refractivity contribution in [2.75, 3.05) is 7.11 Å². The highest BCUT2D eigenvalue weighted by Gasteiger charge is 2.14. The van der Waals surface area contributed by atoms with Crippen molar-refractivity contribution < 1.29 is 18.7 Å². The molecule has 0 fully saturated rings. The van der Waals surface area contributed by atoms with Gasteiger partial charge in [-0.25, -0.2) is 4.79 Å². The summed E-state index contributed by atoms with van der Waals surface area (Å²) in [5, 5.41) is 0. The summed E-state index contributed by atoms with van der Waals surface area (Å²) in [5.74, 6) is 0.280. The standard InChI is InChI=1S/C19H14BrNO4/c1-23-18-10-13(12-21-15-5-2-4-14(20)11-15)7-8-16(18)25-19(22)17-6-3-9-24-17/h2-12H,1H3. The molecule has 0 bridgehead atoms. The number of carbonyl (C=O) groups is 1. The Morgan fingerprint density at radius 1 is 1.12 bits per heavy atom. The third kappa shape index (κ3) is 4.36. The number of benzene rings is 2. The minimum Gasteiger partial charge on any atom is -0.493 e. The molecular formula is C19H14BrNO4. The van der Waals surface area contributed by atoms with Crippen LogP contribution in [0.5, 0.6) is 11.5 Å². The fourth-order valence-corrected chi connectivity index (χ4v) is 2.49. The molecule has 0 amide bonds. The van der Waals surface area contributed by atoms with E-state index in [4.69, 9.17) is 13.9 Å². The molecule has 0 spiro atoms. The maximum atomic E-state index is 12.0. The summed E-state index contributed by atoms with van der Waals surface area (Å²) in [6.45, 7) is 0. The first kappa shape index (κ1) is 17.0. The lowest BCUT2D eigenvalue weighted by Gasteiger charge is -2.09. The maximum Gasteiger partial charge on any atom is 0.379 e. The lowest BCUT2D eigenvalue weighted by Crippen LogP contribution is -2.08. The SMILES string of the molecule is COc1cc(C=Nc2cccc(Br)c2)ccc1OC(=O)c1ccco1. The van der Waals surface area contributed by atoms with Crippen molar-refractivity contribution in [3.63, 3.8) is 0 Å². The fourth-order valence-electron chi connectivity index (χ4n) is 2.10. The molecule has 126 valence electrons. The van der Waals surface area contributed by atoms with Crippen LogP contribution in [-0.2, 0) is 0 Å². The van der Waals surface area contributed by atoms with Crippen molar-refractivity contribution in [3.05, 3.63) is 76.7 Å². The Labute approximate surface area is 153 Å². The van der Waals surface area contributed by atoms with E-state index < -0.39 is 5.97 Å². The van der Waals surface area contributed by atoms with Crippen molar-refractivity contribution in [2.45, 2.75) is 0 Å². The second-order valence-corrected chi connectivity index (χ2v) is 5.93. The van der Waals surface area contributed by atoms with Crippen LogP contribution in [-0.4, -0.2) is 19.3 Å². The normalized spacial score (nSPS) is 10.8. The van der Waals surface area contributed by atoms with Gasteiger partial charge < -0.3 is 13.9 Å². The third-order valence-corrected chi connectivity index (χ3v) is 3.78. The van der Waals surface area contributed by atoms with E-state index in [0.29, 0.717) is 11.5 Å². The minimum atomic E-state index is -0.584. The smallest absolute Gasteiger partial charge is 0.379 e. The number of hydrogen-bond acceptors (Lipinski definition) is 5. The Morgan fingerprint density at radius 2 is 2.00 bits per heavy atom. The van der Waals surface area contributed by atoms with Crippen LogP contribution in [0.15, 0.2) is 74.7 Å². The van der Waals surface area contributed by atoms with Gasteiger partial charge in [-0.3, -0.25) is 4.99 Å². The number of ether oxygens (including phenoxy) is 2. The zero-order chi connectivity index (χ0) is 17.6. The van der Waals surface area contributed by atoms with E-state index in [1.54, 1.807) is 30.5 Å². The number of rotatable bonds is 5. The van der Waals surface area contributed by atoms with Gasteiger partial charge in [0.05, 0.1) is 19.1 Å². The predicted molar refractivity (Wildman–Crippen MR) is 98.1 cm³/mol. The largest absolute Gasteiger partial charge is 0.493 e. The number of furan rings is 1. The molecule has 0 radical (unpaired) electrons. The highest BCUT2D eigenvalue weighted by Crippen LogP contribution is 2.29. The predicted octanol–water partition coefficient (Wildman–Crippen LogP) is 5.02. The van der Waals surface area contributed by atoms with Crippen LogP contribution >= 0.6 is 15.9 Å². The summed E-state index contributed by atoms with van der Waals surface area (Å²) in [6.07, 6.45) is 3.12. The molecule has 0 unspecified atom stereocenters. The van der Waals surface area contributed by atoms with Gasteiger partial charge in [0.15, 0.2) is 11.5 Å². The van der Waals surface area contributed by atoms with Gasteiger partial charge in [-0.05, 0) is 54.1 Å². The van der Waals surface area contributed by atoms with E-state index in [9.17, 15) is 4.79 Å². The molecule has 3 aromatic rings. The van der Waals surface area contributed by atoms with Gasteiger partial charge >= 0.3 is 5.97 Å². The topological polar surface area (TPSA) is 61.0 Å². The first-order chi connectivity index (χ1) is 12.2. The molecule has 2 aromatic carbocycles. The van der Waals surface area contributed by atoms with Crippen LogP contribution in [0.2, 0.25) is 0 Å². The monoisotopic (exact) mass is 399 g/mol. The van der Waals surface area contributed by atoms with Crippen LogP contribution in [0.4, 0.5) is 5.69 Å². The van der Waals surface area contributed by atoms with Crippen LogP contribution in [0, 0.1) is 0 Å². The van der Waals surface area contributed by atoms with Gasteiger partial charge in [-0.1, -0.05) is 22.0 Å². The second-order valence-electron chi connectivity index (χ2n) is 5.02. The van der Waals surface area contributed by atoms with Crippen molar-refractivity contribution >= 4 is 33.8 Å². The van der Waals surface area contributed by atoms with Crippen molar-refractivity contribution in [2.24, 2.45) is 4.99 Å². The molecule has 0 saturated carbocycles. The molecule has 3 rings (SSSR count). The van der Waals surface area contributed by atoms with E-state index in [0.717, 1.165) is 15.7 Å². The molecule has 0 aliphatic heterocycles. The highest BCUT2D eigenvalue weighted by molar-refractivity contribution is 9.10. The van der Waals surface area contributed by atoms with Gasteiger partial charge in [-0.2, -0.15) is 0 Å². The Hall–Kier alpha value is -2.86. The summed E-state index contributed by atoms with van der Waals surface area (Å²) in [4.78, 5) is 16.4. The Kier molecular flexibility index (Phi) is 5.30. The Balaban J connectivity index is 1.78. The van der Waals surface area contributed by atoms with Gasteiger partial charge in [0.2, 0.25) is 5.76 Å². The summed E-state index contributed by atoms with van der Waals surface area (Å²) >= 11 is 3.41. The number of methoxy groups -OCH3 is 1. The van der Waals surface area contributed by atoms with Crippen LogP contribution in [0.1, 0.15) is 16.1 Å². The van der Waals surface area contributed by atoms with E-state index in [1.807, 2.05) is 24.3 Å². The molecule has 0 aliphatic rings. The lowest BCUT2D eigenvalue weighted by atomic mass is 10.2. The van der Waals surface area contributed by atoms with Crippen molar-refractivity contribution in [1.29, 1.82) is 0 Å². The summed E-state index contributed by atoms with van der Waals surface area (Å²) < 4.78 is 16.6. The Bertz CT molecular complexity index is 904. The molecule has 6 heteroatoms. The molecule has 25 heavy (non-hydrogen) atoms. The number of aliphatic imine (C=N–C) groups is 1. The quantitative estimate of drug-likeness (QED) is 0.343. The summed E-state index contributed by atoms with van der Waals surface area (Å²) in [5.41, 5.74) is 1.64. The minimum absolute atomic E-state index is 0.127. The third-order valence-electron chi connectivity index (χ3n) is 3.28. The van der Waals surface area contributed by atoms with E-state index >= 15 is 0 Å². The Morgan fingerprint density at radius 3 is 2.72 bits per heavy atom. The summed E-state index contributed by atoms with van der Waals surface area (Å²) in [7, 11) is 1.51. The maximum absolute atomic E-state index is 12.0. The molecule has 0 N–H and O–H groups in total. The van der Waals surface area contributed by atoms with Crippen LogP contribution in [0.3, 0.4) is 0 Å². The number of carbonyl (C=O) groups excluding carboxylic acids is 1. The van der Waals surface area contributed by atoms with E-state index in [-0.39, 0.29) is 5.76 Å². The highest BCUT2D eigenvalue weighted by atomic mass is 79.9. The number of hydrogen-bond donors (Lipinski definition) is 0. The molecule has 1 heterocycles. The zero-order valence-corrected chi connectivity index (χ0v) is 14.9. The van der Waals surface area contributed by atoms with Crippen LogP contribution < -0.4 is 9.47 Å². The van der Waals surface area contributed by atoms with Gasteiger partial charge in [0.1, 0.15) is 0 Å². The van der Waals surface area contributed by atoms with Gasteiger partial charge in [0, 0.05) is 10.7 Å². The fraction of sp³-hybridized carbons (Fsp3) is 0.0526. The number of esters is 1.